The van der Waals surface area contributed by atoms with Gasteiger partial charge >= 0.3 is 6.18 Å². The first-order valence-electron chi connectivity index (χ1n) is 9.13. The highest BCUT2D eigenvalue weighted by Crippen LogP contribution is 2.27. The lowest BCUT2D eigenvalue weighted by Gasteiger charge is -2.11. The molecule has 178 valence electrons. The van der Waals surface area contributed by atoms with Gasteiger partial charge in [0.15, 0.2) is 11.5 Å². The Labute approximate surface area is 190 Å². The smallest absolute Gasteiger partial charge is 0.370 e. The number of anilines is 2. The average Bonchev–Trinajstić information content (AvgIpc) is 3.02. The highest BCUT2D eigenvalue weighted by atomic mass is 35.5. The molecule has 2 N–H and O–H groups in total. The summed E-state index contributed by atoms with van der Waals surface area (Å²) in [6, 6.07) is 3.44. The summed E-state index contributed by atoms with van der Waals surface area (Å²) >= 11 is 6.00. The second-order valence-corrected chi connectivity index (χ2v) is 8.91. The first kappa shape index (κ1) is 24.6. The predicted molar refractivity (Wildman–Crippen MR) is 112 cm³/mol. The van der Waals surface area contributed by atoms with Crippen molar-refractivity contribution in [1.82, 2.24) is 29.5 Å². The number of hydrogen-bond donors (Lipinski definition) is 2. The van der Waals surface area contributed by atoms with Crippen LogP contribution in [0.1, 0.15) is 16.1 Å². The monoisotopic (exact) mass is 507 g/mol. The van der Waals surface area contributed by atoms with Gasteiger partial charge in [0.05, 0.1) is 19.4 Å². The number of rotatable bonds is 8. The van der Waals surface area contributed by atoms with Gasteiger partial charge in [0.1, 0.15) is 23.5 Å². The maximum atomic E-state index is 12.5. The fraction of sp³-hybridized carbons (Fsp3) is 0.353. The Balaban J connectivity index is 2.06. The number of aromatic nitrogens is 5. The minimum Gasteiger partial charge on any atom is -0.370 e. The average molecular weight is 508 g/mol. The number of ether oxygens (including phenoxy) is 1. The van der Waals surface area contributed by atoms with E-state index in [0.29, 0.717) is 5.82 Å². The van der Waals surface area contributed by atoms with Crippen LogP contribution in [0.3, 0.4) is 0 Å². The largest absolute Gasteiger partial charge is 0.411 e. The Bertz CT molecular complexity index is 1300. The van der Waals surface area contributed by atoms with Crippen LogP contribution in [-0.2, 0) is 21.3 Å². The second-order valence-electron chi connectivity index (χ2n) is 6.82. The van der Waals surface area contributed by atoms with E-state index in [0.717, 1.165) is 16.5 Å². The van der Waals surface area contributed by atoms with Gasteiger partial charge in [0.2, 0.25) is 15.3 Å². The summed E-state index contributed by atoms with van der Waals surface area (Å²) in [7, 11) is -3.94. The molecular formula is C17H17ClF3N7O4S. The lowest BCUT2D eigenvalue weighted by atomic mass is 10.3. The van der Waals surface area contributed by atoms with E-state index in [2.05, 4.69) is 30.1 Å². The number of halogens is 4. The van der Waals surface area contributed by atoms with Crippen LogP contribution >= 0.6 is 11.6 Å². The molecular weight excluding hydrogens is 491 g/mol. The van der Waals surface area contributed by atoms with Crippen molar-refractivity contribution in [2.45, 2.75) is 19.6 Å². The molecule has 0 aliphatic carbocycles. The van der Waals surface area contributed by atoms with Crippen molar-refractivity contribution in [3.63, 3.8) is 0 Å². The van der Waals surface area contributed by atoms with E-state index in [9.17, 15) is 26.4 Å². The highest BCUT2D eigenvalue weighted by Gasteiger charge is 2.28. The first-order valence-corrected chi connectivity index (χ1v) is 11.4. The van der Waals surface area contributed by atoms with Gasteiger partial charge in [0.25, 0.3) is 5.91 Å². The number of nitrogens with zero attached hydrogens (tertiary/aromatic N) is 5. The van der Waals surface area contributed by atoms with Crippen molar-refractivity contribution in [2.75, 3.05) is 24.8 Å². The number of aryl methyl sites for hydroxylation is 1. The molecule has 1 amide bonds. The van der Waals surface area contributed by atoms with Crippen LogP contribution < -0.4 is 10.0 Å². The molecule has 3 rings (SSSR count). The first-order chi connectivity index (χ1) is 15.3. The third-order valence-electron chi connectivity index (χ3n) is 3.93. The molecule has 0 atom stereocenters. The molecule has 0 fully saturated rings. The van der Waals surface area contributed by atoms with Crippen LogP contribution in [0.15, 0.2) is 18.3 Å². The fourth-order valence-corrected chi connectivity index (χ4v) is 3.34. The van der Waals surface area contributed by atoms with Gasteiger partial charge in [-0.15, -0.1) is 0 Å². The van der Waals surface area contributed by atoms with Crippen molar-refractivity contribution >= 4 is 50.2 Å². The van der Waals surface area contributed by atoms with Crippen molar-refractivity contribution in [3.8, 4) is 0 Å². The standard InChI is InChI=1S/C17H17ClF3N7O4S/c1-9-3-4-22-10(7-9)23-14-13-11(24-16(18)25-14)12(15(29)27-33(2,30)31)26-28(13)5-6-32-8-17(19,20)21/h3-4,7H,5-6,8H2,1-2H3,(H,27,29)(H,22,23,24,25). The molecule has 0 radical (unpaired) electrons. The highest BCUT2D eigenvalue weighted by molar-refractivity contribution is 7.89. The zero-order valence-electron chi connectivity index (χ0n) is 17.1. The van der Waals surface area contributed by atoms with Crippen molar-refractivity contribution in [1.29, 1.82) is 0 Å². The minimum absolute atomic E-state index is 0.0461. The Hall–Kier alpha value is -3.04. The molecule has 0 aliphatic heterocycles. The summed E-state index contributed by atoms with van der Waals surface area (Å²) in [5, 5.41) is 6.64. The van der Waals surface area contributed by atoms with E-state index in [1.807, 2.05) is 6.92 Å². The number of nitrogens with one attached hydrogen (secondary N) is 2. The van der Waals surface area contributed by atoms with Crippen LogP contribution in [0.2, 0.25) is 5.28 Å². The summed E-state index contributed by atoms with van der Waals surface area (Å²) in [5.41, 5.74) is 0.404. The zero-order valence-corrected chi connectivity index (χ0v) is 18.7. The molecule has 11 nitrogen and oxygen atoms in total. The number of pyridine rings is 1. The number of alkyl halides is 3. The maximum Gasteiger partial charge on any atom is 0.411 e. The van der Waals surface area contributed by atoms with Gasteiger partial charge < -0.3 is 10.1 Å². The van der Waals surface area contributed by atoms with Crippen LogP contribution in [0.4, 0.5) is 24.8 Å². The molecule has 0 aliphatic rings. The SMILES string of the molecule is Cc1ccnc(Nc2nc(Cl)nc3c(C(=O)NS(C)(=O)=O)nn(CCOCC(F)(F)F)c23)c1. The summed E-state index contributed by atoms with van der Waals surface area (Å²) in [4.78, 5) is 24.7. The van der Waals surface area contributed by atoms with Crippen LogP contribution in [-0.4, -0.2) is 64.7 Å². The van der Waals surface area contributed by atoms with E-state index in [1.165, 1.54) is 6.20 Å². The van der Waals surface area contributed by atoms with Crippen molar-refractivity contribution < 1.29 is 31.1 Å². The molecule has 3 aromatic rings. The molecule has 0 unspecified atom stereocenters. The summed E-state index contributed by atoms with van der Waals surface area (Å²) in [6.45, 7) is -0.312. The number of carbonyl (C=O) groups excluding carboxylic acids is 1. The van der Waals surface area contributed by atoms with E-state index >= 15 is 0 Å². The van der Waals surface area contributed by atoms with Gasteiger partial charge in [-0.3, -0.25) is 9.48 Å². The van der Waals surface area contributed by atoms with E-state index in [4.69, 9.17) is 11.6 Å². The summed E-state index contributed by atoms with van der Waals surface area (Å²) < 4.78 is 67.6. The topological polar surface area (TPSA) is 141 Å². The number of sulfonamides is 1. The van der Waals surface area contributed by atoms with Crippen LogP contribution in [0, 0.1) is 6.92 Å². The number of carbonyl (C=O) groups is 1. The van der Waals surface area contributed by atoms with Gasteiger partial charge in [-0.05, 0) is 36.2 Å². The Morgan fingerprint density at radius 3 is 2.67 bits per heavy atom. The van der Waals surface area contributed by atoms with Crippen LogP contribution in [0.25, 0.3) is 11.0 Å². The van der Waals surface area contributed by atoms with Gasteiger partial charge in [-0.25, -0.2) is 23.1 Å². The molecule has 33 heavy (non-hydrogen) atoms. The van der Waals surface area contributed by atoms with Crippen molar-refractivity contribution in [2.24, 2.45) is 0 Å². The Kier molecular flexibility index (Phi) is 7.04. The van der Waals surface area contributed by atoms with Gasteiger partial charge in [-0.2, -0.15) is 23.3 Å². The van der Waals surface area contributed by atoms with E-state index in [1.54, 1.807) is 16.9 Å². The zero-order chi connectivity index (χ0) is 24.4. The lowest BCUT2D eigenvalue weighted by Crippen LogP contribution is -2.30. The molecule has 3 heterocycles. The van der Waals surface area contributed by atoms with Crippen LogP contribution in [0.5, 0.6) is 0 Å². The summed E-state index contributed by atoms with van der Waals surface area (Å²) in [6.07, 6.45) is -2.22. The lowest BCUT2D eigenvalue weighted by molar-refractivity contribution is -0.174. The molecule has 0 saturated carbocycles. The minimum atomic E-state index is -4.52. The maximum absolute atomic E-state index is 12.5. The Morgan fingerprint density at radius 2 is 2.03 bits per heavy atom. The molecule has 0 aromatic carbocycles. The van der Waals surface area contributed by atoms with E-state index in [-0.39, 0.29) is 28.7 Å². The number of fused-ring (bicyclic) bond motifs is 1. The normalized spacial score (nSPS) is 12.2. The summed E-state index contributed by atoms with van der Waals surface area (Å²) in [5.74, 6) is -0.703. The van der Waals surface area contributed by atoms with E-state index < -0.39 is 41.0 Å². The predicted octanol–water partition coefficient (Wildman–Crippen LogP) is 2.20. The second kappa shape index (κ2) is 9.44. The third kappa shape index (κ3) is 6.72. The molecule has 0 saturated heterocycles. The van der Waals surface area contributed by atoms with Gasteiger partial charge in [0, 0.05) is 6.20 Å². The molecule has 16 heteroatoms. The fourth-order valence-electron chi connectivity index (χ4n) is 2.74. The third-order valence-corrected chi connectivity index (χ3v) is 4.65. The quantitative estimate of drug-likeness (QED) is 0.346. The molecule has 3 aromatic heterocycles. The van der Waals surface area contributed by atoms with Crippen molar-refractivity contribution in [3.05, 3.63) is 34.9 Å². The van der Waals surface area contributed by atoms with Gasteiger partial charge in [-0.1, -0.05) is 0 Å². The molecule has 0 bridgehead atoms. The number of amides is 1. The molecule has 0 spiro atoms. The Morgan fingerprint density at radius 1 is 1.30 bits per heavy atom. The number of hydrogen-bond acceptors (Lipinski definition) is 9.